The topological polar surface area (TPSA) is 72.6 Å². The molecule has 0 bridgehead atoms. The van der Waals surface area contributed by atoms with E-state index in [4.69, 9.17) is 10.5 Å². The molecule has 2 aliphatic rings. The Balaban J connectivity index is 2.03. The number of nitrogens with two attached hydrogens (primary N) is 1. The van der Waals surface area contributed by atoms with Crippen LogP contribution in [-0.2, 0) is 14.6 Å². The largest absolute Gasteiger partial charge is 0.377 e. The second kappa shape index (κ2) is 6.08. The van der Waals surface area contributed by atoms with E-state index in [9.17, 15) is 8.42 Å². The third-order valence-corrected chi connectivity index (χ3v) is 6.16. The van der Waals surface area contributed by atoms with Crippen molar-refractivity contribution >= 4 is 9.84 Å². The van der Waals surface area contributed by atoms with E-state index in [-0.39, 0.29) is 23.1 Å². The fraction of sp³-hybridized carbons (Fsp3) is 1.00. The first kappa shape index (κ1) is 15.2. The Bertz CT molecular complexity index is 399. The molecule has 2 saturated heterocycles. The number of nitrogens with zero attached hydrogens (tertiary/aromatic N) is 1. The van der Waals surface area contributed by atoms with Crippen LogP contribution in [0.1, 0.15) is 32.6 Å². The molecule has 2 N–H and O–H groups in total. The Morgan fingerprint density at radius 3 is 2.84 bits per heavy atom. The molecule has 112 valence electrons. The number of hydrogen-bond donors (Lipinski definition) is 1. The summed E-state index contributed by atoms with van der Waals surface area (Å²) >= 11 is 0. The summed E-state index contributed by atoms with van der Waals surface area (Å²) in [6.45, 7) is 5.08. The molecule has 0 saturated carbocycles. The predicted molar refractivity (Wildman–Crippen MR) is 75.9 cm³/mol. The van der Waals surface area contributed by atoms with Crippen LogP contribution in [0.2, 0.25) is 0 Å². The average molecular weight is 290 g/mol. The summed E-state index contributed by atoms with van der Waals surface area (Å²) in [5, 5.41) is 0. The molecule has 5 nitrogen and oxygen atoms in total. The minimum Gasteiger partial charge on any atom is -0.377 e. The van der Waals surface area contributed by atoms with Crippen LogP contribution in [0.15, 0.2) is 0 Å². The van der Waals surface area contributed by atoms with Gasteiger partial charge in [-0.3, -0.25) is 4.90 Å². The van der Waals surface area contributed by atoms with E-state index < -0.39 is 9.84 Å². The van der Waals surface area contributed by atoms with Gasteiger partial charge in [0.15, 0.2) is 9.84 Å². The minimum atomic E-state index is -2.91. The monoisotopic (exact) mass is 290 g/mol. The van der Waals surface area contributed by atoms with Crippen molar-refractivity contribution in [1.82, 2.24) is 4.90 Å². The molecule has 0 aliphatic carbocycles. The molecular formula is C13H26N2O3S. The smallest absolute Gasteiger partial charge is 0.152 e. The van der Waals surface area contributed by atoms with E-state index in [1.807, 2.05) is 0 Å². The lowest BCUT2D eigenvalue weighted by atomic mass is 9.93. The quantitative estimate of drug-likeness (QED) is 0.793. The maximum atomic E-state index is 11.8. The van der Waals surface area contributed by atoms with E-state index in [0.717, 1.165) is 39.0 Å². The molecule has 0 radical (unpaired) electrons. The molecule has 0 spiro atoms. The van der Waals surface area contributed by atoms with Crippen molar-refractivity contribution in [3.8, 4) is 0 Å². The van der Waals surface area contributed by atoms with E-state index in [0.29, 0.717) is 13.0 Å². The number of sulfone groups is 1. The maximum Gasteiger partial charge on any atom is 0.152 e. The zero-order valence-corrected chi connectivity index (χ0v) is 12.6. The van der Waals surface area contributed by atoms with Crippen LogP contribution in [-0.4, -0.2) is 62.7 Å². The van der Waals surface area contributed by atoms with Gasteiger partial charge >= 0.3 is 0 Å². The molecule has 0 aromatic rings. The fourth-order valence-electron chi connectivity index (χ4n) is 3.23. The molecule has 2 rings (SSSR count). The van der Waals surface area contributed by atoms with Crippen LogP contribution in [0, 0.1) is 0 Å². The van der Waals surface area contributed by atoms with Gasteiger partial charge < -0.3 is 10.5 Å². The molecule has 0 aromatic heterocycles. The van der Waals surface area contributed by atoms with Gasteiger partial charge in [0.1, 0.15) is 0 Å². The Hall–Kier alpha value is -0.170. The third kappa shape index (κ3) is 3.48. The molecule has 0 aromatic carbocycles. The van der Waals surface area contributed by atoms with Crippen LogP contribution in [0.5, 0.6) is 0 Å². The number of piperidine rings is 1. The van der Waals surface area contributed by atoms with Crippen LogP contribution < -0.4 is 5.73 Å². The molecule has 0 amide bonds. The van der Waals surface area contributed by atoms with Crippen LogP contribution in [0.4, 0.5) is 0 Å². The molecule has 2 fully saturated rings. The lowest BCUT2D eigenvalue weighted by Crippen LogP contribution is -2.59. The summed E-state index contributed by atoms with van der Waals surface area (Å²) in [5.74, 6) is 0.498. The first-order valence-corrected chi connectivity index (χ1v) is 9.11. The molecular weight excluding hydrogens is 264 g/mol. The highest BCUT2D eigenvalue weighted by Crippen LogP contribution is 2.32. The van der Waals surface area contributed by atoms with Gasteiger partial charge in [-0.25, -0.2) is 8.42 Å². The van der Waals surface area contributed by atoms with Gasteiger partial charge in [0, 0.05) is 25.2 Å². The van der Waals surface area contributed by atoms with Gasteiger partial charge in [0.05, 0.1) is 17.6 Å². The first-order valence-electron chi connectivity index (χ1n) is 7.28. The van der Waals surface area contributed by atoms with Gasteiger partial charge in [0.2, 0.25) is 0 Å². The van der Waals surface area contributed by atoms with Crippen molar-refractivity contribution in [3.05, 3.63) is 0 Å². The fourth-order valence-corrected chi connectivity index (χ4v) is 5.33. The second-order valence-corrected chi connectivity index (χ2v) is 8.04. The summed E-state index contributed by atoms with van der Waals surface area (Å²) in [7, 11) is -2.91. The SMILES string of the molecule is CCCOC1CCCN(C2(CN)CCS(=O)(=O)C2)C1. The summed E-state index contributed by atoms with van der Waals surface area (Å²) in [6, 6.07) is 0. The zero-order valence-electron chi connectivity index (χ0n) is 11.8. The van der Waals surface area contributed by atoms with Crippen molar-refractivity contribution < 1.29 is 13.2 Å². The normalized spacial score (nSPS) is 35.6. The van der Waals surface area contributed by atoms with Crippen molar-refractivity contribution in [2.75, 3.05) is 37.7 Å². The maximum absolute atomic E-state index is 11.8. The first-order chi connectivity index (χ1) is 9.01. The van der Waals surface area contributed by atoms with Gasteiger partial charge in [-0.2, -0.15) is 0 Å². The number of likely N-dealkylation sites (tertiary alicyclic amines) is 1. The van der Waals surface area contributed by atoms with E-state index in [1.165, 1.54) is 0 Å². The molecule has 2 aliphatic heterocycles. The van der Waals surface area contributed by atoms with Crippen molar-refractivity contribution in [2.24, 2.45) is 5.73 Å². The Morgan fingerprint density at radius 2 is 2.26 bits per heavy atom. The number of ether oxygens (including phenoxy) is 1. The lowest BCUT2D eigenvalue weighted by molar-refractivity contribution is -0.0303. The second-order valence-electron chi connectivity index (χ2n) is 5.85. The lowest BCUT2D eigenvalue weighted by Gasteiger charge is -2.44. The Morgan fingerprint density at radius 1 is 1.47 bits per heavy atom. The van der Waals surface area contributed by atoms with Gasteiger partial charge in [-0.15, -0.1) is 0 Å². The number of rotatable bonds is 5. The summed E-state index contributed by atoms with van der Waals surface area (Å²) in [4.78, 5) is 2.28. The highest BCUT2D eigenvalue weighted by molar-refractivity contribution is 7.91. The standard InChI is InChI=1S/C13H26N2O3S/c1-2-7-18-12-4-3-6-15(9-12)13(10-14)5-8-19(16,17)11-13/h12H,2-11,14H2,1H3. The van der Waals surface area contributed by atoms with Crippen molar-refractivity contribution in [1.29, 1.82) is 0 Å². The molecule has 6 heteroatoms. The molecule has 2 unspecified atom stereocenters. The number of hydrogen-bond acceptors (Lipinski definition) is 5. The Kier molecular flexibility index (Phi) is 4.87. The third-order valence-electron chi connectivity index (χ3n) is 4.35. The Labute approximate surface area is 116 Å². The van der Waals surface area contributed by atoms with Crippen molar-refractivity contribution in [2.45, 2.75) is 44.2 Å². The van der Waals surface area contributed by atoms with Gasteiger partial charge in [-0.1, -0.05) is 6.92 Å². The minimum absolute atomic E-state index is 0.219. The van der Waals surface area contributed by atoms with Crippen LogP contribution in [0.25, 0.3) is 0 Å². The van der Waals surface area contributed by atoms with E-state index in [2.05, 4.69) is 11.8 Å². The summed E-state index contributed by atoms with van der Waals surface area (Å²) in [6.07, 6.45) is 4.07. The van der Waals surface area contributed by atoms with Crippen molar-refractivity contribution in [3.63, 3.8) is 0 Å². The highest BCUT2D eigenvalue weighted by atomic mass is 32.2. The van der Waals surface area contributed by atoms with Gasteiger partial charge in [-0.05, 0) is 32.2 Å². The molecule has 2 heterocycles. The average Bonchev–Trinajstić information content (AvgIpc) is 2.74. The summed E-state index contributed by atoms with van der Waals surface area (Å²) in [5.41, 5.74) is 5.58. The zero-order chi connectivity index (χ0) is 13.9. The van der Waals surface area contributed by atoms with Crippen LogP contribution >= 0.6 is 0 Å². The molecule has 19 heavy (non-hydrogen) atoms. The van der Waals surface area contributed by atoms with Gasteiger partial charge in [0.25, 0.3) is 0 Å². The highest BCUT2D eigenvalue weighted by Gasteiger charge is 2.46. The van der Waals surface area contributed by atoms with Crippen LogP contribution in [0.3, 0.4) is 0 Å². The predicted octanol–water partition coefficient (Wildman–Crippen LogP) is 0.393. The van der Waals surface area contributed by atoms with E-state index >= 15 is 0 Å². The van der Waals surface area contributed by atoms with E-state index in [1.54, 1.807) is 0 Å². The summed E-state index contributed by atoms with van der Waals surface area (Å²) < 4.78 is 29.4. The molecule has 2 atom stereocenters.